The molecule has 5 rings (SSSR count). The molecule has 2 amide bonds. The zero-order valence-corrected chi connectivity index (χ0v) is 20.2. The fourth-order valence-corrected chi connectivity index (χ4v) is 6.00. The van der Waals surface area contributed by atoms with Crippen molar-refractivity contribution < 1.29 is 14.3 Å². The third-order valence-corrected chi connectivity index (χ3v) is 7.98. The molecule has 2 aromatic heterocycles. The highest BCUT2D eigenvalue weighted by Gasteiger charge is 2.33. The summed E-state index contributed by atoms with van der Waals surface area (Å²) in [7, 11) is 0. The number of ether oxygens (including phenoxy) is 1. The van der Waals surface area contributed by atoms with E-state index in [0.717, 1.165) is 34.3 Å². The minimum Gasteiger partial charge on any atom is -0.378 e. The molecule has 0 saturated carbocycles. The van der Waals surface area contributed by atoms with Crippen molar-refractivity contribution >= 4 is 45.0 Å². The minimum atomic E-state index is -0.132. The molecule has 2 saturated heterocycles. The predicted octanol–water partition coefficient (Wildman–Crippen LogP) is 3.82. The second kappa shape index (κ2) is 9.44. The van der Waals surface area contributed by atoms with Crippen molar-refractivity contribution in [3.63, 3.8) is 0 Å². The molecule has 0 radical (unpaired) electrons. The first-order valence-electron chi connectivity index (χ1n) is 11.4. The molecule has 174 valence electrons. The van der Waals surface area contributed by atoms with Crippen LogP contribution in [0.15, 0.2) is 30.3 Å². The SMILES string of the molecule is Cc1nn(Cc2ccccc2Cl)c2sc(C(=O)N3CCCC(C(=O)N4CCOCC4)C3)cc12. The van der Waals surface area contributed by atoms with Crippen molar-refractivity contribution in [3.05, 3.63) is 51.5 Å². The number of amides is 2. The summed E-state index contributed by atoms with van der Waals surface area (Å²) in [4.78, 5) is 31.7. The molecule has 2 fully saturated rings. The predicted molar refractivity (Wildman–Crippen MR) is 129 cm³/mol. The molecule has 9 heteroatoms. The number of piperidine rings is 1. The highest BCUT2D eigenvalue weighted by molar-refractivity contribution is 7.20. The maximum Gasteiger partial charge on any atom is 0.264 e. The van der Waals surface area contributed by atoms with E-state index in [1.807, 2.05) is 51.7 Å². The fourth-order valence-electron chi connectivity index (χ4n) is 4.67. The molecule has 0 bridgehead atoms. The van der Waals surface area contributed by atoms with Gasteiger partial charge in [0.05, 0.1) is 36.2 Å². The van der Waals surface area contributed by atoms with E-state index in [2.05, 4.69) is 5.10 Å². The van der Waals surface area contributed by atoms with Crippen LogP contribution in [-0.2, 0) is 16.1 Å². The molecular formula is C24H27ClN4O3S. The Morgan fingerprint density at radius 1 is 1.18 bits per heavy atom. The molecule has 1 aromatic carbocycles. The van der Waals surface area contributed by atoms with E-state index in [0.29, 0.717) is 55.8 Å². The van der Waals surface area contributed by atoms with Crippen LogP contribution in [0.2, 0.25) is 5.02 Å². The van der Waals surface area contributed by atoms with E-state index >= 15 is 0 Å². The quantitative estimate of drug-likeness (QED) is 0.562. The maximum atomic E-state index is 13.4. The van der Waals surface area contributed by atoms with Crippen LogP contribution < -0.4 is 0 Å². The number of carbonyl (C=O) groups excluding carboxylic acids is 2. The maximum absolute atomic E-state index is 13.4. The van der Waals surface area contributed by atoms with Crippen LogP contribution in [0.5, 0.6) is 0 Å². The van der Waals surface area contributed by atoms with Gasteiger partial charge in [0.1, 0.15) is 4.83 Å². The number of aryl methyl sites for hydroxylation is 1. The summed E-state index contributed by atoms with van der Waals surface area (Å²) in [5, 5.41) is 6.37. The summed E-state index contributed by atoms with van der Waals surface area (Å²) in [5.74, 6) is 0.0189. The number of fused-ring (bicyclic) bond motifs is 1. The van der Waals surface area contributed by atoms with E-state index in [4.69, 9.17) is 16.3 Å². The van der Waals surface area contributed by atoms with Crippen molar-refractivity contribution in [2.75, 3.05) is 39.4 Å². The zero-order chi connectivity index (χ0) is 22.9. The molecular weight excluding hydrogens is 460 g/mol. The second-order valence-corrected chi connectivity index (χ2v) is 10.1. The number of aromatic nitrogens is 2. The van der Waals surface area contributed by atoms with Gasteiger partial charge in [-0.25, -0.2) is 0 Å². The van der Waals surface area contributed by atoms with Gasteiger partial charge in [0.25, 0.3) is 5.91 Å². The van der Waals surface area contributed by atoms with E-state index < -0.39 is 0 Å². The average Bonchev–Trinajstić information content (AvgIpc) is 3.41. The summed E-state index contributed by atoms with van der Waals surface area (Å²) < 4.78 is 7.29. The molecule has 1 unspecified atom stereocenters. The molecule has 4 heterocycles. The van der Waals surface area contributed by atoms with E-state index in [1.54, 1.807) is 0 Å². The van der Waals surface area contributed by atoms with Gasteiger partial charge in [-0.2, -0.15) is 5.10 Å². The van der Waals surface area contributed by atoms with Crippen molar-refractivity contribution in [1.29, 1.82) is 0 Å². The fraction of sp³-hybridized carbons (Fsp3) is 0.458. The molecule has 0 spiro atoms. The lowest BCUT2D eigenvalue weighted by molar-refractivity contribution is -0.141. The van der Waals surface area contributed by atoms with Gasteiger partial charge < -0.3 is 14.5 Å². The lowest BCUT2D eigenvalue weighted by Crippen LogP contribution is -2.49. The highest BCUT2D eigenvalue weighted by Crippen LogP contribution is 2.31. The second-order valence-electron chi connectivity index (χ2n) is 8.69. The standard InChI is InChI=1S/C24H27ClN4O3S/c1-16-19-13-21(33-24(19)29(26-16)15-17-5-2-3-7-20(17)25)23(31)28-8-4-6-18(14-28)22(30)27-9-11-32-12-10-27/h2-3,5,7,13,18H,4,6,8-12,14-15H2,1H3. The number of likely N-dealkylation sites (tertiary alicyclic amines) is 1. The summed E-state index contributed by atoms with van der Waals surface area (Å²) >= 11 is 7.81. The molecule has 1 atom stereocenters. The van der Waals surface area contributed by atoms with Gasteiger partial charge in [0.2, 0.25) is 5.91 Å². The smallest absolute Gasteiger partial charge is 0.264 e. The normalized spacial score (nSPS) is 19.3. The van der Waals surface area contributed by atoms with Crippen molar-refractivity contribution in [2.24, 2.45) is 5.92 Å². The van der Waals surface area contributed by atoms with Gasteiger partial charge in [-0.15, -0.1) is 11.3 Å². The Balaban J connectivity index is 1.34. The van der Waals surface area contributed by atoms with Gasteiger partial charge in [-0.05, 0) is 37.5 Å². The number of hydrogen-bond donors (Lipinski definition) is 0. The number of rotatable bonds is 4. The van der Waals surface area contributed by atoms with E-state index in [1.165, 1.54) is 11.3 Å². The zero-order valence-electron chi connectivity index (χ0n) is 18.6. The van der Waals surface area contributed by atoms with Crippen molar-refractivity contribution in [1.82, 2.24) is 19.6 Å². The van der Waals surface area contributed by atoms with Crippen LogP contribution in [0.1, 0.15) is 33.8 Å². The Bertz CT molecular complexity index is 1180. The molecule has 7 nitrogen and oxygen atoms in total. The Labute approximate surface area is 201 Å². The average molecular weight is 487 g/mol. The van der Waals surface area contributed by atoms with Crippen LogP contribution >= 0.6 is 22.9 Å². The number of benzene rings is 1. The molecule has 2 aliphatic rings. The third-order valence-electron chi connectivity index (χ3n) is 6.48. The number of nitrogens with zero attached hydrogens (tertiary/aromatic N) is 4. The first-order valence-corrected chi connectivity index (χ1v) is 12.6. The Kier molecular flexibility index (Phi) is 6.40. The molecule has 0 N–H and O–H groups in total. The number of halogens is 1. The summed E-state index contributed by atoms with van der Waals surface area (Å²) in [6.45, 7) is 6.14. The first kappa shape index (κ1) is 22.4. The molecule has 3 aromatic rings. The Hall–Kier alpha value is -2.42. The topological polar surface area (TPSA) is 67.7 Å². The number of hydrogen-bond acceptors (Lipinski definition) is 5. The van der Waals surface area contributed by atoms with Crippen LogP contribution in [-0.4, -0.2) is 70.8 Å². The minimum absolute atomic E-state index is 0.000582. The summed E-state index contributed by atoms with van der Waals surface area (Å²) in [6.07, 6.45) is 1.68. The van der Waals surface area contributed by atoms with Gasteiger partial charge in [-0.3, -0.25) is 14.3 Å². The van der Waals surface area contributed by atoms with Gasteiger partial charge in [0, 0.05) is 36.6 Å². The van der Waals surface area contributed by atoms with Crippen LogP contribution in [0.4, 0.5) is 0 Å². The van der Waals surface area contributed by atoms with Gasteiger partial charge in [0.15, 0.2) is 0 Å². The Morgan fingerprint density at radius 3 is 2.76 bits per heavy atom. The van der Waals surface area contributed by atoms with Gasteiger partial charge >= 0.3 is 0 Å². The Morgan fingerprint density at radius 2 is 1.97 bits per heavy atom. The molecule has 2 aliphatic heterocycles. The van der Waals surface area contributed by atoms with Crippen molar-refractivity contribution in [2.45, 2.75) is 26.3 Å². The van der Waals surface area contributed by atoms with Crippen LogP contribution in [0.25, 0.3) is 10.2 Å². The lowest BCUT2D eigenvalue weighted by Gasteiger charge is -2.36. The summed E-state index contributed by atoms with van der Waals surface area (Å²) in [6, 6.07) is 9.68. The van der Waals surface area contributed by atoms with E-state index in [-0.39, 0.29) is 17.7 Å². The largest absolute Gasteiger partial charge is 0.378 e. The van der Waals surface area contributed by atoms with Crippen LogP contribution in [0, 0.1) is 12.8 Å². The highest BCUT2D eigenvalue weighted by atomic mass is 35.5. The number of carbonyl (C=O) groups is 2. The van der Waals surface area contributed by atoms with Crippen LogP contribution in [0.3, 0.4) is 0 Å². The first-order chi connectivity index (χ1) is 16.0. The third kappa shape index (κ3) is 4.52. The number of thiophene rings is 1. The lowest BCUT2D eigenvalue weighted by atomic mass is 9.96. The monoisotopic (exact) mass is 486 g/mol. The van der Waals surface area contributed by atoms with Gasteiger partial charge in [-0.1, -0.05) is 29.8 Å². The van der Waals surface area contributed by atoms with Crippen molar-refractivity contribution in [3.8, 4) is 0 Å². The summed E-state index contributed by atoms with van der Waals surface area (Å²) in [5.41, 5.74) is 1.89. The number of morpholine rings is 1. The molecule has 0 aliphatic carbocycles. The van der Waals surface area contributed by atoms with E-state index in [9.17, 15) is 9.59 Å². The molecule has 33 heavy (non-hydrogen) atoms.